The summed E-state index contributed by atoms with van der Waals surface area (Å²) in [7, 11) is 0. The molecule has 0 saturated heterocycles. The number of hydrogen-bond donors (Lipinski definition) is 2. The number of fused-ring (bicyclic) bond motifs is 1. The van der Waals surface area contributed by atoms with E-state index in [1.165, 1.54) is 0 Å². The molecule has 1 fully saturated rings. The van der Waals surface area contributed by atoms with Crippen molar-refractivity contribution in [3.63, 3.8) is 0 Å². The third-order valence-electron chi connectivity index (χ3n) is 5.71. The molecular weight excluding hydrogens is 438 g/mol. The summed E-state index contributed by atoms with van der Waals surface area (Å²) >= 11 is 6.23. The molecule has 4 aromatic rings. The van der Waals surface area contributed by atoms with Gasteiger partial charge in [0.2, 0.25) is 5.91 Å². The number of nitrogens with one attached hydrogen (secondary N) is 2. The molecule has 5 rings (SSSR count). The normalized spacial score (nSPS) is 16.9. The molecule has 2 atom stereocenters. The summed E-state index contributed by atoms with van der Waals surface area (Å²) in [6.07, 6.45) is 7.34. The third-order valence-corrected chi connectivity index (χ3v) is 6.01. The van der Waals surface area contributed by atoms with Gasteiger partial charge in [-0.1, -0.05) is 29.8 Å². The van der Waals surface area contributed by atoms with E-state index in [9.17, 15) is 9.59 Å². The molecule has 2 N–H and O–H groups in total. The maximum absolute atomic E-state index is 12.8. The van der Waals surface area contributed by atoms with Crippen LogP contribution in [0, 0.1) is 5.92 Å². The molecule has 0 spiro atoms. The fraction of sp³-hybridized carbons (Fsp3) is 0.160. The van der Waals surface area contributed by atoms with Crippen LogP contribution in [-0.2, 0) is 11.3 Å². The summed E-state index contributed by atoms with van der Waals surface area (Å²) < 4.78 is 0. The molecule has 164 valence electrons. The maximum Gasteiger partial charge on any atom is 0.251 e. The number of anilines is 1. The molecule has 0 aliphatic heterocycles. The number of pyridine rings is 1. The highest BCUT2D eigenvalue weighted by molar-refractivity contribution is 6.35. The lowest BCUT2D eigenvalue weighted by Gasteiger charge is -2.08. The predicted molar refractivity (Wildman–Crippen MR) is 126 cm³/mol. The summed E-state index contributed by atoms with van der Waals surface area (Å²) in [6.45, 7) is 0.254. The second-order valence-corrected chi connectivity index (χ2v) is 8.38. The fourth-order valence-corrected chi connectivity index (χ4v) is 4.11. The number of benzene rings is 2. The van der Waals surface area contributed by atoms with Crippen molar-refractivity contribution in [3.8, 4) is 0 Å². The van der Waals surface area contributed by atoms with Gasteiger partial charge in [0.05, 0.1) is 11.6 Å². The van der Waals surface area contributed by atoms with Crippen molar-refractivity contribution in [2.24, 2.45) is 5.92 Å². The van der Waals surface area contributed by atoms with Crippen LogP contribution >= 0.6 is 11.6 Å². The van der Waals surface area contributed by atoms with Crippen LogP contribution in [-0.4, -0.2) is 26.8 Å². The quantitative estimate of drug-likeness (QED) is 0.448. The van der Waals surface area contributed by atoms with Gasteiger partial charge in [-0.05, 0) is 48.2 Å². The van der Waals surface area contributed by atoms with E-state index in [1.54, 1.807) is 36.9 Å². The van der Waals surface area contributed by atoms with Crippen molar-refractivity contribution in [2.75, 3.05) is 5.32 Å². The topological polar surface area (TPSA) is 96.9 Å². The molecule has 2 amide bonds. The molecule has 33 heavy (non-hydrogen) atoms. The van der Waals surface area contributed by atoms with E-state index in [0.717, 1.165) is 22.8 Å². The van der Waals surface area contributed by atoms with Crippen molar-refractivity contribution in [3.05, 3.63) is 95.3 Å². The molecular formula is C25H20ClN5O2. The standard InChI is InChI=1S/C25H20ClN5O2/c26-22-13-27-12-17-5-6-18(10-20(17)22)31-25(33)21-11-19(21)15-3-1-4-16(9-15)24(32)30-14-23-28-7-2-8-29-23/h1-10,12-13,19,21H,11,14H2,(H,30,32)(H,31,33)/t19-,21+/m0/s1. The molecule has 8 heteroatoms. The molecule has 0 bridgehead atoms. The lowest BCUT2D eigenvalue weighted by Crippen LogP contribution is -2.24. The maximum atomic E-state index is 12.8. The van der Waals surface area contributed by atoms with Crippen molar-refractivity contribution >= 4 is 39.9 Å². The Morgan fingerprint density at radius 2 is 1.88 bits per heavy atom. The van der Waals surface area contributed by atoms with Gasteiger partial charge in [0, 0.05) is 52.7 Å². The molecule has 1 saturated carbocycles. The number of rotatable bonds is 6. The Morgan fingerprint density at radius 3 is 2.73 bits per heavy atom. The van der Waals surface area contributed by atoms with E-state index in [0.29, 0.717) is 22.1 Å². The number of halogens is 1. The van der Waals surface area contributed by atoms with Gasteiger partial charge in [0.15, 0.2) is 0 Å². The zero-order valence-electron chi connectivity index (χ0n) is 17.5. The molecule has 1 aliphatic rings. The van der Waals surface area contributed by atoms with Gasteiger partial charge >= 0.3 is 0 Å². The third kappa shape index (κ3) is 4.68. The largest absolute Gasteiger partial charge is 0.345 e. The molecule has 0 radical (unpaired) electrons. The van der Waals surface area contributed by atoms with Gasteiger partial charge in [-0.15, -0.1) is 0 Å². The number of amides is 2. The minimum atomic E-state index is -0.200. The van der Waals surface area contributed by atoms with E-state index in [-0.39, 0.29) is 30.2 Å². The van der Waals surface area contributed by atoms with Gasteiger partial charge in [-0.3, -0.25) is 14.6 Å². The van der Waals surface area contributed by atoms with E-state index in [4.69, 9.17) is 11.6 Å². The van der Waals surface area contributed by atoms with Gasteiger partial charge in [0.1, 0.15) is 5.82 Å². The number of carbonyl (C=O) groups is 2. The van der Waals surface area contributed by atoms with Crippen molar-refractivity contribution in [1.82, 2.24) is 20.3 Å². The molecule has 7 nitrogen and oxygen atoms in total. The van der Waals surface area contributed by atoms with Crippen LogP contribution in [0.25, 0.3) is 10.8 Å². The second kappa shape index (κ2) is 8.96. The van der Waals surface area contributed by atoms with Gasteiger partial charge in [-0.2, -0.15) is 0 Å². The Morgan fingerprint density at radius 1 is 1.03 bits per heavy atom. The summed E-state index contributed by atoms with van der Waals surface area (Å²) in [5.74, 6) is 0.259. The Hall–Kier alpha value is -3.84. The smallest absolute Gasteiger partial charge is 0.251 e. The SMILES string of the molecule is O=C(NCc1ncccn1)c1cccc([C@@H]2C[C@H]2C(=O)Nc2ccc3cncc(Cl)c3c2)c1. The Bertz CT molecular complexity index is 1350. The van der Waals surface area contributed by atoms with Gasteiger partial charge in [-0.25, -0.2) is 9.97 Å². The first kappa shape index (κ1) is 21.0. The van der Waals surface area contributed by atoms with Crippen LogP contribution in [0.3, 0.4) is 0 Å². The van der Waals surface area contributed by atoms with Crippen LogP contribution in [0.2, 0.25) is 5.02 Å². The van der Waals surface area contributed by atoms with Gasteiger partial charge < -0.3 is 10.6 Å². The first-order valence-corrected chi connectivity index (χ1v) is 10.9. The average Bonchev–Trinajstić information content (AvgIpc) is 3.65. The lowest BCUT2D eigenvalue weighted by atomic mass is 10.0. The van der Waals surface area contributed by atoms with E-state index in [1.807, 2.05) is 36.4 Å². The molecule has 2 aromatic carbocycles. The monoisotopic (exact) mass is 457 g/mol. The van der Waals surface area contributed by atoms with Crippen LogP contribution in [0.1, 0.15) is 34.1 Å². The number of aromatic nitrogens is 3. The van der Waals surface area contributed by atoms with Crippen molar-refractivity contribution in [1.29, 1.82) is 0 Å². The van der Waals surface area contributed by atoms with E-state index >= 15 is 0 Å². The zero-order chi connectivity index (χ0) is 22.8. The summed E-state index contributed by atoms with van der Waals surface area (Å²) in [4.78, 5) is 37.6. The van der Waals surface area contributed by atoms with Gasteiger partial charge in [0.25, 0.3) is 5.91 Å². The molecule has 0 unspecified atom stereocenters. The van der Waals surface area contributed by atoms with Crippen LogP contribution in [0.5, 0.6) is 0 Å². The Labute approximate surface area is 195 Å². The summed E-state index contributed by atoms with van der Waals surface area (Å²) in [6, 6.07) is 14.7. The summed E-state index contributed by atoms with van der Waals surface area (Å²) in [5, 5.41) is 8.12. The molecule has 1 aliphatic carbocycles. The highest BCUT2D eigenvalue weighted by Crippen LogP contribution is 2.48. The highest BCUT2D eigenvalue weighted by Gasteiger charge is 2.44. The van der Waals surface area contributed by atoms with Crippen LogP contribution in [0.15, 0.2) is 73.3 Å². The van der Waals surface area contributed by atoms with Crippen molar-refractivity contribution < 1.29 is 9.59 Å². The number of carbonyl (C=O) groups excluding carboxylic acids is 2. The number of hydrogen-bond acceptors (Lipinski definition) is 5. The lowest BCUT2D eigenvalue weighted by molar-refractivity contribution is -0.117. The fourth-order valence-electron chi connectivity index (χ4n) is 3.89. The van der Waals surface area contributed by atoms with E-state index in [2.05, 4.69) is 25.6 Å². The summed E-state index contributed by atoms with van der Waals surface area (Å²) in [5.41, 5.74) is 2.22. The van der Waals surface area contributed by atoms with Crippen molar-refractivity contribution in [2.45, 2.75) is 18.9 Å². The molecule has 2 heterocycles. The zero-order valence-corrected chi connectivity index (χ0v) is 18.3. The Balaban J connectivity index is 1.22. The first-order chi connectivity index (χ1) is 16.1. The first-order valence-electron chi connectivity index (χ1n) is 10.6. The Kier molecular flexibility index (Phi) is 5.71. The second-order valence-electron chi connectivity index (χ2n) is 7.97. The predicted octanol–water partition coefficient (Wildman–Crippen LogP) is 4.35. The van der Waals surface area contributed by atoms with Crippen LogP contribution < -0.4 is 10.6 Å². The minimum Gasteiger partial charge on any atom is -0.345 e. The average molecular weight is 458 g/mol. The number of nitrogens with zero attached hydrogens (tertiary/aromatic N) is 3. The minimum absolute atomic E-state index is 0.0411. The molecule has 2 aromatic heterocycles. The van der Waals surface area contributed by atoms with E-state index < -0.39 is 0 Å². The van der Waals surface area contributed by atoms with Crippen LogP contribution in [0.4, 0.5) is 5.69 Å². The highest BCUT2D eigenvalue weighted by atomic mass is 35.5.